The van der Waals surface area contributed by atoms with Gasteiger partial charge in [0.15, 0.2) is 0 Å². The molecule has 0 aliphatic carbocycles. The Morgan fingerprint density at radius 2 is 2.00 bits per heavy atom. The molecule has 1 heterocycles. The molecule has 9 heavy (non-hydrogen) atoms. The molecule has 0 saturated carbocycles. The summed E-state index contributed by atoms with van der Waals surface area (Å²) in [7, 11) is 0. The average molecular weight is 184 g/mol. The van der Waals surface area contributed by atoms with Gasteiger partial charge in [0, 0.05) is 0 Å². The van der Waals surface area contributed by atoms with Gasteiger partial charge >= 0.3 is 0 Å². The molecule has 1 rings (SSSR count). The van der Waals surface area contributed by atoms with Crippen LogP contribution in [-0.2, 0) is 20.9 Å². The largest absolute Gasteiger partial charge is 0.322 e. The maximum absolute atomic E-state index is 5.28. The van der Waals surface area contributed by atoms with E-state index in [9.17, 15) is 0 Å². The van der Waals surface area contributed by atoms with Crippen LogP contribution in [0.4, 0.5) is 0 Å². The summed E-state index contributed by atoms with van der Waals surface area (Å²) in [5.74, 6) is 0. The Bertz CT molecular complexity index is 129. The summed E-state index contributed by atoms with van der Waals surface area (Å²) in [6.45, 7) is 1.55. The maximum Gasteiger partial charge on any atom is 0.247 e. The predicted molar refractivity (Wildman–Crippen MR) is 44.3 cm³/mol. The van der Waals surface area contributed by atoms with E-state index in [0.29, 0.717) is 0 Å². The molecule has 0 bridgehead atoms. The molecule has 1 saturated heterocycles. The molecule has 1 aliphatic heterocycles. The maximum atomic E-state index is 5.28. The van der Waals surface area contributed by atoms with E-state index in [1.54, 1.807) is 0 Å². The minimum Gasteiger partial charge on any atom is -0.322 e. The van der Waals surface area contributed by atoms with E-state index in [2.05, 4.69) is 0 Å². The van der Waals surface area contributed by atoms with Crippen molar-refractivity contribution in [2.45, 2.75) is 6.42 Å². The van der Waals surface area contributed by atoms with E-state index in [0.717, 1.165) is 19.6 Å². The molecule has 5 heteroatoms. The Hall–Kier alpha value is 0.920. The van der Waals surface area contributed by atoms with Gasteiger partial charge in [-0.3, -0.25) is 0 Å². The first kappa shape index (κ1) is 8.02. The highest BCUT2D eigenvalue weighted by Crippen LogP contribution is 2.61. The molecule has 0 N–H and O–H groups in total. The van der Waals surface area contributed by atoms with Crippen LogP contribution in [0.15, 0.2) is 0 Å². The summed E-state index contributed by atoms with van der Waals surface area (Å²) < 4.78 is 10.6. The molecule has 0 unspecified atom stereocenters. The molecule has 0 aromatic carbocycles. The van der Waals surface area contributed by atoms with Crippen molar-refractivity contribution in [2.24, 2.45) is 0 Å². The van der Waals surface area contributed by atoms with Crippen LogP contribution in [0.5, 0.6) is 0 Å². The van der Waals surface area contributed by atoms with E-state index in [4.69, 9.17) is 20.9 Å². The fraction of sp³-hybridized carbons (Fsp3) is 1.00. The van der Waals surface area contributed by atoms with E-state index in [1.807, 2.05) is 6.26 Å². The topological polar surface area (TPSA) is 18.5 Å². The van der Waals surface area contributed by atoms with Crippen LogP contribution in [0.25, 0.3) is 0 Å². The lowest BCUT2D eigenvalue weighted by Crippen LogP contribution is -2.05. The van der Waals surface area contributed by atoms with Gasteiger partial charge in [0.2, 0.25) is 5.69 Å². The Morgan fingerprint density at radius 1 is 1.44 bits per heavy atom. The molecule has 0 spiro atoms. The second-order valence-electron chi connectivity index (χ2n) is 1.65. The fourth-order valence-electron chi connectivity index (χ4n) is 0.554. The average Bonchev–Trinajstić information content (AvgIpc) is 1.90. The highest BCUT2D eigenvalue weighted by atomic mass is 32.9. The molecule has 1 fully saturated rings. The van der Waals surface area contributed by atoms with Crippen LogP contribution in [0, 0.1) is 0 Å². The first-order valence-corrected chi connectivity index (χ1v) is 7.18. The number of hydrogen-bond donors (Lipinski definition) is 0. The highest BCUT2D eigenvalue weighted by molar-refractivity contribution is 8.67. The molecule has 0 radical (unpaired) electrons. The Morgan fingerprint density at radius 3 is 2.33 bits per heavy atom. The van der Waals surface area contributed by atoms with E-state index >= 15 is 0 Å². The molecule has 0 atom stereocenters. The van der Waals surface area contributed by atoms with Crippen LogP contribution < -0.4 is 0 Å². The highest BCUT2D eigenvalue weighted by Gasteiger charge is 2.20. The van der Waals surface area contributed by atoms with Gasteiger partial charge in [0.05, 0.1) is 13.2 Å². The second kappa shape index (κ2) is 3.35. The smallest absolute Gasteiger partial charge is 0.247 e. The number of hydrogen-bond acceptors (Lipinski definition) is 4. The molecule has 0 aromatic rings. The molecule has 2 nitrogen and oxygen atoms in total. The van der Waals surface area contributed by atoms with Crippen molar-refractivity contribution in [2.75, 3.05) is 19.5 Å². The van der Waals surface area contributed by atoms with Crippen molar-refractivity contribution in [1.82, 2.24) is 0 Å². The lowest BCUT2D eigenvalue weighted by Gasteiger charge is -2.23. The molecular weight excluding hydrogens is 175 g/mol. The lowest BCUT2D eigenvalue weighted by atomic mass is 10.5. The van der Waals surface area contributed by atoms with Gasteiger partial charge in [-0.05, 0) is 24.5 Å². The minimum atomic E-state index is -1.84. The molecular formula is C4H9O2PS2. The fourth-order valence-corrected chi connectivity index (χ4v) is 3.07. The van der Waals surface area contributed by atoms with Crippen LogP contribution in [0.2, 0.25) is 0 Å². The number of rotatable bonds is 1. The van der Waals surface area contributed by atoms with E-state index < -0.39 is 5.69 Å². The predicted octanol–water partition coefficient (Wildman–Crippen LogP) is 2.01. The summed E-state index contributed by atoms with van der Waals surface area (Å²) in [5, 5.41) is 0. The van der Waals surface area contributed by atoms with Gasteiger partial charge in [-0.2, -0.15) is 0 Å². The van der Waals surface area contributed by atoms with Gasteiger partial charge in [-0.15, -0.1) is 0 Å². The monoisotopic (exact) mass is 184 g/mol. The summed E-state index contributed by atoms with van der Waals surface area (Å²) in [6.07, 6.45) is 2.92. The van der Waals surface area contributed by atoms with Crippen LogP contribution in [0.1, 0.15) is 6.42 Å². The van der Waals surface area contributed by atoms with Crippen molar-refractivity contribution in [3.05, 3.63) is 0 Å². The Kier molecular flexibility index (Phi) is 2.99. The Labute approximate surface area is 64.2 Å². The van der Waals surface area contributed by atoms with Crippen molar-refractivity contribution >= 4 is 28.9 Å². The lowest BCUT2D eigenvalue weighted by molar-refractivity contribution is 0.191. The zero-order valence-corrected chi connectivity index (χ0v) is 7.73. The first-order valence-electron chi connectivity index (χ1n) is 2.72. The molecule has 1 aliphatic rings. The summed E-state index contributed by atoms with van der Waals surface area (Å²) >= 11 is 6.61. The molecule has 0 aromatic heterocycles. The zero-order valence-electron chi connectivity index (χ0n) is 5.20. The summed E-state index contributed by atoms with van der Waals surface area (Å²) in [6, 6.07) is 0. The SMILES string of the molecule is CSP1(=S)OCCCO1. The van der Waals surface area contributed by atoms with Crippen molar-refractivity contribution in [3.63, 3.8) is 0 Å². The van der Waals surface area contributed by atoms with Crippen molar-refractivity contribution in [3.8, 4) is 0 Å². The van der Waals surface area contributed by atoms with Crippen LogP contribution in [0.3, 0.4) is 0 Å². The minimum absolute atomic E-state index is 0.776. The van der Waals surface area contributed by atoms with Crippen LogP contribution in [-0.4, -0.2) is 19.5 Å². The second-order valence-corrected chi connectivity index (χ2v) is 8.10. The van der Waals surface area contributed by atoms with Gasteiger partial charge in [0.25, 0.3) is 0 Å². The van der Waals surface area contributed by atoms with Gasteiger partial charge in [-0.25, -0.2) is 0 Å². The third-order valence-electron chi connectivity index (χ3n) is 1.01. The Balaban J connectivity index is 2.47. The molecule has 0 amide bonds. The van der Waals surface area contributed by atoms with Gasteiger partial charge in [-0.1, -0.05) is 11.4 Å². The third kappa shape index (κ3) is 2.20. The standard InChI is InChI=1S/C4H9O2PS2/c1-9-7(8)5-3-2-4-6-7/h2-4H2,1H3. The van der Waals surface area contributed by atoms with Gasteiger partial charge < -0.3 is 9.05 Å². The van der Waals surface area contributed by atoms with E-state index in [1.165, 1.54) is 11.4 Å². The van der Waals surface area contributed by atoms with Crippen molar-refractivity contribution < 1.29 is 9.05 Å². The molecule has 54 valence electrons. The van der Waals surface area contributed by atoms with Crippen molar-refractivity contribution in [1.29, 1.82) is 0 Å². The third-order valence-corrected chi connectivity index (χ3v) is 6.40. The normalized spacial score (nSPS) is 25.9. The zero-order chi connectivity index (χ0) is 6.74. The quantitative estimate of drug-likeness (QED) is 0.580. The van der Waals surface area contributed by atoms with E-state index in [-0.39, 0.29) is 0 Å². The summed E-state index contributed by atoms with van der Waals surface area (Å²) in [4.78, 5) is 0. The van der Waals surface area contributed by atoms with Gasteiger partial charge in [0.1, 0.15) is 0 Å². The van der Waals surface area contributed by atoms with Crippen LogP contribution >= 0.6 is 17.1 Å². The first-order chi connectivity index (χ1) is 4.27. The summed E-state index contributed by atoms with van der Waals surface area (Å²) in [5.41, 5.74) is -1.84.